The smallest absolute Gasteiger partial charge is 0.160 e. The summed E-state index contributed by atoms with van der Waals surface area (Å²) in [5.41, 5.74) is 12.1. The lowest BCUT2D eigenvalue weighted by Gasteiger charge is -2.34. The van der Waals surface area contributed by atoms with Crippen LogP contribution in [0.3, 0.4) is 0 Å². The number of nitrogens with zero attached hydrogens (tertiary/aromatic N) is 2. The van der Waals surface area contributed by atoms with Crippen LogP contribution in [-0.2, 0) is 5.41 Å². The minimum Gasteiger partial charge on any atom is -0.228 e. The highest BCUT2D eigenvalue weighted by molar-refractivity contribution is 7.25. The molecule has 0 aliphatic heterocycles. The normalized spacial score (nSPS) is 13.0. The summed E-state index contributed by atoms with van der Waals surface area (Å²) < 4.78 is 2.56. The number of thiophene rings is 1. The van der Waals surface area contributed by atoms with E-state index in [0.29, 0.717) is 0 Å². The monoisotopic (exact) mass is 654 g/mol. The van der Waals surface area contributed by atoms with Crippen LogP contribution in [0.2, 0.25) is 0 Å². The van der Waals surface area contributed by atoms with Crippen LogP contribution in [0.25, 0.3) is 65.2 Å². The molecule has 7 aromatic carbocycles. The Kier molecular flexibility index (Phi) is 6.61. The molecular formula is C47H30N2S. The second kappa shape index (κ2) is 11.5. The Morgan fingerprint density at radius 2 is 0.940 bits per heavy atom. The summed E-state index contributed by atoms with van der Waals surface area (Å²) in [6.45, 7) is 0. The van der Waals surface area contributed by atoms with E-state index in [1.807, 2.05) is 17.4 Å². The molecule has 0 radical (unpaired) electrons. The molecule has 0 fully saturated rings. The van der Waals surface area contributed by atoms with E-state index in [1.165, 1.54) is 53.6 Å². The SMILES string of the molecule is c1ccc(-c2nc(-c3ccc4c(c3)C(c3ccccc3)(c3ccccc3)c3ccccc3-4)cc(-c3ccc4c(c3)sc3ccccc34)n2)cc1. The van der Waals surface area contributed by atoms with E-state index < -0.39 is 5.41 Å². The van der Waals surface area contributed by atoms with Crippen LogP contribution < -0.4 is 0 Å². The average molecular weight is 655 g/mol. The Morgan fingerprint density at radius 1 is 0.380 bits per heavy atom. The van der Waals surface area contributed by atoms with E-state index in [2.05, 4.69) is 176 Å². The third-order valence-electron chi connectivity index (χ3n) is 10.2. The van der Waals surface area contributed by atoms with Gasteiger partial charge in [-0.05, 0) is 57.6 Å². The maximum Gasteiger partial charge on any atom is 0.160 e. The van der Waals surface area contributed by atoms with Crippen molar-refractivity contribution < 1.29 is 0 Å². The summed E-state index contributed by atoms with van der Waals surface area (Å²) in [7, 11) is 0. The van der Waals surface area contributed by atoms with Crippen molar-refractivity contribution in [1.82, 2.24) is 9.97 Å². The van der Waals surface area contributed by atoms with Crippen LogP contribution in [0.15, 0.2) is 182 Å². The van der Waals surface area contributed by atoms with Crippen molar-refractivity contribution in [3.05, 3.63) is 204 Å². The van der Waals surface area contributed by atoms with Gasteiger partial charge in [-0.25, -0.2) is 9.97 Å². The molecular weight excluding hydrogens is 625 g/mol. The van der Waals surface area contributed by atoms with Crippen LogP contribution >= 0.6 is 11.3 Å². The summed E-state index contributed by atoms with van der Waals surface area (Å²) in [4.78, 5) is 10.4. The van der Waals surface area contributed by atoms with Gasteiger partial charge in [-0.15, -0.1) is 11.3 Å². The first kappa shape index (κ1) is 28.8. The standard InChI is InChI=1S/C47H30N2S/c1-4-14-31(15-5-1)46-48-42(30-43(49-46)33-25-27-39-38-21-11-13-23-44(38)50-45(39)29-33)32-24-26-37-36-20-10-12-22-40(36)47(41(37)28-32,34-16-6-2-7-17-34)35-18-8-3-9-19-35/h1-30H. The maximum absolute atomic E-state index is 5.26. The molecule has 1 aliphatic rings. The largest absolute Gasteiger partial charge is 0.228 e. The van der Waals surface area contributed by atoms with Crippen molar-refractivity contribution in [1.29, 1.82) is 0 Å². The fourth-order valence-corrected chi connectivity index (χ4v) is 9.09. The van der Waals surface area contributed by atoms with Crippen molar-refractivity contribution in [3.8, 4) is 45.0 Å². The minimum atomic E-state index is -0.477. The molecule has 0 saturated carbocycles. The molecule has 0 saturated heterocycles. The average Bonchev–Trinajstić information content (AvgIpc) is 3.72. The molecule has 3 heteroatoms. The molecule has 1 aliphatic carbocycles. The van der Waals surface area contributed by atoms with Gasteiger partial charge in [0.1, 0.15) is 0 Å². The molecule has 10 rings (SSSR count). The second-order valence-electron chi connectivity index (χ2n) is 12.9. The second-order valence-corrected chi connectivity index (χ2v) is 14.0. The van der Waals surface area contributed by atoms with E-state index >= 15 is 0 Å². The van der Waals surface area contributed by atoms with Gasteiger partial charge in [-0.1, -0.05) is 158 Å². The summed E-state index contributed by atoms with van der Waals surface area (Å²) >= 11 is 1.83. The predicted molar refractivity (Wildman–Crippen MR) is 209 cm³/mol. The highest BCUT2D eigenvalue weighted by atomic mass is 32.1. The summed E-state index contributed by atoms with van der Waals surface area (Å²) in [5, 5.41) is 2.58. The third kappa shape index (κ3) is 4.41. The maximum atomic E-state index is 5.26. The zero-order valence-corrected chi connectivity index (χ0v) is 27.9. The number of fused-ring (bicyclic) bond motifs is 6. The van der Waals surface area contributed by atoms with Gasteiger partial charge in [-0.2, -0.15) is 0 Å². The summed E-state index contributed by atoms with van der Waals surface area (Å²) in [6.07, 6.45) is 0. The number of aromatic nitrogens is 2. The third-order valence-corrected chi connectivity index (χ3v) is 11.3. The Hall–Kier alpha value is -6.16. The molecule has 50 heavy (non-hydrogen) atoms. The van der Waals surface area contributed by atoms with Gasteiger partial charge >= 0.3 is 0 Å². The Bertz CT molecular complexity index is 2660. The van der Waals surface area contributed by atoms with Gasteiger partial charge in [0.2, 0.25) is 0 Å². The minimum absolute atomic E-state index is 0.477. The van der Waals surface area contributed by atoms with Gasteiger partial charge in [0.15, 0.2) is 5.82 Å². The molecule has 0 unspecified atom stereocenters. The Labute approximate surface area is 295 Å². The van der Waals surface area contributed by atoms with Gasteiger partial charge in [-0.3, -0.25) is 0 Å². The Morgan fingerprint density at radius 3 is 1.68 bits per heavy atom. The van der Waals surface area contributed by atoms with E-state index in [9.17, 15) is 0 Å². The van der Waals surface area contributed by atoms with Crippen molar-refractivity contribution >= 4 is 31.5 Å². The lowest BCUT2D eigenvalue weighted by Crippen LogP contribution is -2.28. The van der Waals surface area contributed by atoms with Crippen molar-refractivity contribution in [3.63, 3.8) is 0 Å². The zero-order chi connectivity index (χ0) is 33.1. The van der Waals surface area contributed by atoms with Gasteiger partial charge in [0.25, 0.3) is 0 Å². The van der Waals surface area contributed by atoms with Crippen LogP contribution in [0.5, 0.6) is 0 Å². The topological polar surface area (TPSA) is 25.8 Å². The molecule has 2 heterocycles. The Balaban J connectivity index is 1.21. The molecule has 234 valence electrons. The molecule has 0 N–H and O–H groups in total. The van der Waals surface area contributed by atoms with Crippen molar-refractivity contribution in [2.24, 2.45) is 0 Å². The van der Waals surface area contributed by atoms with Crippen LogP contribution in [-0.4, -0.2) is 9.97 Å². The highest BCUT2D eigenvalue weighted by Crippen LogP contribution is 2.56. The number of hydrogen-bond donors (Lipinski definition) is 0. The van der Waals surface area contributed by atoms with Crippen LogP contribution in [0, 0.1) is 0 Å². The lowest BCUT2D eigenvalue weighted by atomic mass is 9.67. The van der Waals surface area contributed by atoms with E-state index in [-0.39, 0.29) is 0 Å². The van der Waals surface area contributed by atoms with Crippen LogP contribution in [0.4, 0.5) is 0 Å². The first-order chi connectivity index (χ1) is 24.8. The number of rotatable bonds is 5. The molecule has 0 amide bonds. The molecule has 0 atom stereocenters. The number of benzene rings is 7. The van der Waals surface area contributed by atoms with Crippen molar-refractivity contribution in [2.75, 3.05) is 0 Å². The van der Waals surface area contributed by atoms with Gasteiger partial charge in [0, 0.05) is 36.9 Å². The summed E-state index contributed by atoms with van der Waals surface area (Å²) in [5.74, 6) is 0.718. The van der Waals surface area contributed by atoms with Crippen molar-refractivity contribution in [2.45, 2.75) is 5.41 Å². The van der Waals surface area contributed by atoms with Crippen LogP contribution in [0.1, 0.15) is 22.3 Å². The summed E-state index contributed by atoms with van der Waals surface area (Å²) in [6, 6.07) is 65.6. The quantitative estimate of drug-likeness (QED) is 0.185. The van der Waals surface area contributed by atoms with Gasteiger partial charge in [0.05, 0.1) is 16.8 Å². The first-order valence-corrected chi connectivity index (χ1v) is 17.8. The van der Waals surface area contributed by atoms with Gasteiger partial charge < -0.3 is 0 Å². The first-order valence-electron chi connectivity index (χ1n) is 17.0. The zero-order valence-electron chi connectivity index (χ0n) is 27.1. The molecule has 9 aromatic rings. The van der Waals surface area contributed by atoms with E-state index in [1.54, 1.807) is 0 Å². The molecule has 0 bridgehead atoms. The fraction of sp³-hybridized carbons (Fsp3) is 0.0213. The highest BCUT2D eigenvalue weighted by Gasteiger charge is 2.46. The lowest BCUT2D eigenvalue weighted by molar-refractivity contribution is 0.768. The molecule has 2 aromatic heterocycles. The number of hydrogen-bond acceptors (Lipinski definition) is 3. The molecule has 2 nitrogen and oxygen atoms in total. The molecule has 0 spiro atoms. The van der Waals surface area contributed by atoms with E-state index in [0.717, 1.165) is 33.9 Å². The predicted octanol–water partition coefficient (Wildman–Crippen LogP) is 12.2. The van der Waals surface area contributed by atoms with E-state index in [4.69, 9.17) is 9.97 Å². The fourth-order valence-electron chi connectivity index (χ4n) is 7.95.